The zero-order valence-corrected chi connectivity index (χ0v) is 15.5. The first-order valence-corrected chi connectivity index (χ1v) is 9.49. The Morgan fingerprint density at radius 1 is 1.12 bits per heavy atom. The lowest BCUT2D eigenvalue weighted by atomic mass is 9.76. The Kier molecular flexibility index (Phi) is 4.98. The van der Waals surface area contributed by atoms with Gasteiger partial charge in [0.05, 0.1) is 13.2 Å². The van der Waals surface area contributed by atoms with Gasteiger partial charge in [0.2, 0.25) is 0 Å². The van der Waals surface area contributed by atoms with Gasteiger partial charge in [-0.15, -0.1) is 0 Å². The monoisotopic (exact) mass is 352 g/mol. The molecule has 0 unspecified atom stereocenters. The molecule has 2 aliphatic heterocycles. The molecule has 0 aromatic heterocycles. The Bertz CT molecular complexity index is 719. The number of aliphatic hydroxyl groups is 1. The molecule has 0 radical (unpaired) electrons. The third-order valence-electron chi connectivity index (χ3n) is 6.07. The first-order chi connectivity index (χ1) is 12.7. The van der Waals surface area contributed by atoms with E-state index in [9.17, 15) is 5.11 Å². The van der Waals surface area contributed by atoms with Crippen molar-refractivity contribution in [1.29, 1.82) is 0 Å². The molecule has 1 N–H and O–H groups in total. The molecule has 0 amide bonds. The van der Waals surface area contributed by atoms with E-state index in [1.54, 1.807) is 0 Å². The van der Waals surface area contributed by atoms with Crippen LogP contribution in [-0.2, 0) is 11.3 Å². The zero-order chi connectivity index (χ0) is 18.0. The van der Waals surface area contributed by atoms with Crippen molar-refractivity contribution in [2.75, 3.05) is 44.9 Å². The molecule has 2 fully saturated rings. The summed E-state index contributed by atoms with van der Waals surface area (Å²) < 4.78 is 5.67. The normalized spacial score (nSPS) is 25.8. The van der Waals surface area contributed by atoms with Crippen molar-refractivity contribution in [2.24, 2.45) is 11.3 Å². The van der Waals surface area contributed by atoms with Gasteiger partial charge < -0.3 is 14.7 Å². The van der Waals surface area contributed by atoms with Gasteiger partial charge >= 0.3 is 0 Å². The first-order valence-electron chi connectivity index (χ1n) is 9.49. The Labute approximate surface area is 156 Å². The van der Waals surface area contributed by atoms with Crippen molar-refractivity contribution in [2.45, 2.75) is 13.0 Å². The van der Waals surface area contributed by atoms with Crippen molar-refractivity contribution in [3.05, 3.63) is 60.2 Å². The number of benzene rings is 2. The fraction of sp³-hybridized carbons (Fsp3) is 0.455. The van der Waals surface area contributed by atoms with E-state index < -0.39 is 0 Å². The molecule has 2 atom stereocenters. The lowest BCUT2D eigenvalue weighted by molar-refractivity contribution is -0.0561. The number of para-hydroxylation sites is 1. The third-order valence-corrected chi connectivity index (χ3v) is 6.07. The van der Waals surface area contributed by atoms with Gasteiger partial charge in [0, 0.05) is 50.1 Å². The maximum atomic E-state index is 9.93. The summed E-state index contributed by atoms with van der Waals surface area (Å²) in [7, 11) is 2.10. The minimum Gasteiger partial charge on any atom is -0.396 e. The molecular weight excluding hydrogens is 324 g/mol. The molecule has 4 heteroatoms. The Balaban J connectivity index is 1.42. The minimum atomic E-state index is -0.0499. The number of hydrogen-bond donors (Lipinski definition) is 1. The van der Waals surface area contributed by atoms with Gasteiger partial charge in [0.1, 0.15) is 0 Å². The largest absolute Gasteiger partial charge is 0.396 e. The van der Waals surface area contributed by atoms with Crippen molar-refractivity contribution >= 4 is 11.4 Å². The average molecular weight is 352 g/mol. The van der Waals surface area contributed by atoms with E-state index in [-0.39, 0.29) is 12.0 Å². The van der Waals surface area contributed by atoms with E-state index in [2.05, 4.69) is 65.4 Å². The van der Waals surface area contributed by atoms with Crippen LogP contribution in [0, 0.1) is 11.3 Å². The molecule has 26 heavy (non-hydrogen) atoms. The Hall–Kier alpha value is -1.88. The van der Waals surface area contributed by atoms with Crippen LogP contribution in [0.2, 0.25) is 0 Å². The standard InChI is InChI=1S/C22H28N2O2/c1-23(20-5-3-2-4-6-20)21-9-7-18(8-10-21)13-24-14-19-11-12-26-17-22(19,15-24)16-25/h2-10,19,25H,11-17H2,1H3/t19-,22+/m0/s1. The molecule has 0 saturated carbocycles. The van der Waals surface area contributed by atoms with Crippen LogP contribution < -0.4 is 4.90 Å². The second-order valence-corrected chi connectivity index (χ2v) is 7.79. The molecule has 4 nitrogen and oxygen atoms in total. The summed E-state index contributed by atoms with van der Waals surface area (Å²) in [6.45, 7) is 4.70. The fourth-order valence-corrected chi connectivity index (χ4v) is 4.44. The summed E-state index contributed by atoms with van der Waals surface area (Å²) in [6.07, 6.45) is 1.07. The van der Waals surface area contributed by atoms with Gasteiger partial charge in [0.25, 0.3) is 0 Å². The van der Waals surface area contributed by atoms with Crippen LogP contribution in [0.15, 0.2) is 54.6 Å². The van der Waals surface area contributed by atoms with E-state index in [4.69, 9.17) is 4.74 Å². The smallest absolute Gasteiger partial charge is 0.0559 e. The maximum absolute atomic E-state index is 9.93. The van der Waals surface area contributed by atoms with Crippen molar-refractivity contribution in [1.82, 2.24) is 4.90 Å². The number of rotatable bonds is 5. The van der Waals surface area contributed by atoms with Crippen LogP contribution in [0.3, 0.4) is 0 Å². The molecule has 2 heterocycles. The molecule has 2 aromatic rings. The van der Waals surface area contributed by atoms with Crippen LogP contribution in [0.1, 0.15) is 12.0 Å². The number of anilines is 2. The van der Waals surface area contributed by atoms with Crippen molar-refractivity contribution in [3.63, 3.8) is 0 Å². The van der Waals surface area contributed by atoms with Crippen LogP contribution in [0.25, 0.3) is 0 Å². The van der Waals surface area contributed by atoms with Crippen LogP contribution in [0.5, 0.6) is 0 Å². The van der Waals surface area contributed by atoms with Gasteiger partial charge in [-0.25, -0.2) is 0 Å². The molecule has 0 bridgehead atoms. The number of aliphatic hydroxyl groups excluding tert-OH is 1. The zero-order valence-electron chi connectivity index (χ0n) is 15.5. The molecule has 2 saturated heterocycles. The second kappa shape index (κ2) is 7.39. The Morgan fingerprint density at radius 3 is 2.54 bits per heavy atom. The van der Waals surface area contributed by atoms with Gasteiger partial charge in [-0.1, -0.05) is 30.3 Å². The molecule has 4 rings (SSSR count). The van der Waals surface area contributed by atoms with E-state index in [0.29, 0.717) is 12.5 Å². The second-order valence-electron chi connectivity index (χ2n) is 7.79. The van der Waals surface area contributed by atoms with E-state index in [1.807, 2.05) is 6.07 Å². The third kappa shape index (κ3) is 3.37. The predicted octanol–water partition coefficient (Wildman–Crippen LogP) is 3.29. The van der Waals surface area contributed by atoms with E-state index in [0.717, 1.165) is 32.7 Å². The van der Waals surface area contributed by atoms with Gasteiger partial charge in [-0.3, -0.25) is 4.90 Å². The molecule has 0 spiro atoms. The van der Waals surface area contributed by atoms with Crippen molar-refractivity contribution in [3.8, 4) is 0 Å². The number of ether oxygens (including phenoxy) is 1. The van der Waals surface area contributed by atoms with Gasteiger partial charge in [-0.05, 0) is 42.2 Å². The maximum Gasteiger partial charge on any atom is 0.0559 e. The number of nitrogens with zero attached hydrogens (tertiary/aromatic N) is 2. The summed E-state index contributed by atoms with van der Waals surface area (Å²) in [4.78, 5) is 4.68. The molecule has 138 valence electrons. The highest BCUT2D eigenvalue weighted by Crippen LogP contribution is 2.41. The van der Waals surface area contributed by atoms with Crippen LogP contribution in [0.4, 0.5) is 11.4 Å². The lowest BCUT2D eigenvalue weighted by Crippen LogP contribution is -2.42. The quantitative estimate of drug-likeness (QED) is 0.896. The van der Waals surface area contributed by atoms with Gasteiger partial charge in [-0.2, -0.15) is 0 Å². The SMILES string of the molecule is CN(c1ccccc1)c1ccc(CN2C[C@@H]3CCOC[C@]3(CO)C2)cc1. The van der Waals surface area contributed by atoms with E-state index >= 15 is 0 Å². The topological polar surface area (TPSA) is 35.9 Å². The molecular formula is C22H28N2O2. The summed E-state index contributed by atoms with van der Waals surface area (Å²) >= 11 is 0. The average Bonchev–Trinajstić information content (AvgIpc) is 3.07. The summed E-state index contributed by atoms with van der Waals surface area (Å²) in [5.41, 5.74) is 3.65. The highest BCUT2D eigenvalue weighted by Gasteiger charge is 2.47. The summed E-state index contributed by atoms with van der Waals surface area (Å²) in [5, 5.41) is 9.93. The van der Waals surface area contributed by atoms with E-state index in [1.165, 1.54) is 16.9 Å². The number of likely N-dealkylation sites (tertiary alicyclic amines) is 1. The summed E-state index contributed by atoms with van der Waals surface area (Å²) in [6, 6.07) is 19.2. The Morgan fingerprint density at radius 2 is 1.85 bits per heavy atom. The minimum absolute atomic E-state index is 0.0499. The van der Waals surface area contributed by atoms with Crippen LogP contribution >= 0.6 is 0 Å². The number of fused-ring (bicyclic) bond motifs is 1. The van der Waals surface area contributed by atoms with Crippen LogP contribution in [-0.4, -0.2) is 50.0 Å². The fourth-order valence-electron chi connectivity index (χ4n) is 4.44. The summed E-state index contributed by atoms with van der Waals surface area (Å²) in [5.74, 6) is 0.560. The first kappa shape index (κ1) is 17.5. The highest BCUT2D eigenvalue weighted by molar-refractivity contribution is 5.62. The molecule has 2 aliphatic rings. The van der Waals surface area contributed by atoms with Crippen molar-refractivity contribution < 1.29 is 9.84 Å². The lowest BCUT2D eigenvalue weighted by Gasteiger charge is -2.36. The highest BCUT2D eigenvalue weighted by atomic mass is 16.5. The number of hydrogen-bond acceptors (Lipinski definition) is 4. The predicted molar refractivity (Wildman–Crippen MR) is 105 cm³/mol. The van der Waals surface area contributed by atoms with Gasteiger partial charge in [0.15, 0.2) is 0 Å². The molecule has 2 aromatic carbocycles. The molecule has 0 aliphatic carbocycles.